The van der Waals surface area contributed by atoms with Crippen molar-refractivity contribution in [1.82, 2.24) is 15.0 Å². The number of aromatic nitrogens is 2. The van der Waals surface area contributed by atoms with Gasteiger partial charge in [0, 0.05) is 19.5 Å². The predicted molar refractivity (Wildman–Crippen MR) is 76.4 cm³/mol. The zero-order valence-electron chi connectivity index (χ0n) is 12.4. The average molecular weight is 266 g/mol. The molecule has 5 nitrogen and oxygen atoms in total. The summed E-state index contributed by atoms with van der Waals surface area (Å²) in [5, 5.41) is 4.12. The van der Waals surface area contributed by atoms with Gasteiger partial charge in [-0.25, -0.2) is 0 Å². The van der Waals surface area contributed by atoms with Crippen molar-refractivity contribution in [3.8, 4) is 0 Å². The van der Waals surface area contributed by atoms with E-state index < -0.39 is 0 Å². The molecule has 0 amide bonds. The molecule has 1 fully saturated rings. The first-order valence-electron chi connectivity index (χ1n) is 7.41. The molecule has 108 valence electrons. The second-order valence-electron chi connectivity index (χ2n) is 5.78. The minimum Gasteiger partial charge on any atom is -0.338 e. The van der Waals surface area contributed by atoms with Gasteiger partial charge in [-0.2, -0.15) is 4.98 Å². The second kappa shape index (κ2) is 6.89. The van der Waals surface area contributed by atoms with Crippen molar-refractivity contribution in [2.75, 3.05) is 38.6 Å². The lowest BCUT2D eigenvalue weighted by molar-refractivity contribution is 0.316. The Bertz CT molecular complexity index is 377. The van der Waals surface area contributed by atoms with Crippen molar-refractivity contribution in [3.05, 3.63) is 5.89 Å². The van der Waals surface area contributed by atoms with Crippen molar-refractivity contribution in [3.63, 3.8) is 0 Å². The van der Waals surface area contributed by atoms with Gasteiger partial charge in [0.25, 0.3) is 5.95 Å². The van der Waals surface area contributed by atoms with Crippen LogP contribution in [-0.2, 0) is 6.42 Å². The van der Waals surface area contributed by atoms with Gasteiger partial charge in [0.15, 0.2) is 0 Å². The van der Waals surface area contributed by atoms with Crippen LogP contribution in [0.2, 0.25) is 0 Å². The smallest absolute Gasteiger partial charge is 0.266 e. The Kier molecular flexibility index (Phi) is 5.19. The van der Waals surface area contributed by atoms with E-state index in [1.165, 1.54) is 19.3 Å². The topological polar surface area (TPSA) is 45.4 Å². The predicted octanol–water partition coefficient (Wildman–Crippen LogP) is 2.19. The number of piperidine rings is 1. The van der Waals surface area contributed by atoms with Crippen LogP contribution in [0.3, 0.4) is 0 Å². The van der Waals surface area contributed by atoms with E-state index in [2.05, 4.69) is 41.0 Å². The minimum atomic E-state index is 0.754. The standard InChI is InChI=1S/C14H26N4O/c1-4-6-13-15-14(16-19-13)18-9-5-7-12(11-18)8-10-17(2)3/h12H,4-11H2,1-3H3/t12-/m1/s1. The summed E-state index contributed by atoms with van der Waals surface area (Å²) in [7, 11) is 4.27. The molecule has 0 N–H and O–H groups in total. The zero-order valence-corrected chi connectivity index (χ0v) is 12.4. The fourth-order valence-corrected chi connectivity index (χ4v) is 2.61. The Morgan fingerprint density at radius 1 is 1.42 bits per heavy atom. The van der Waals surface area contributed by atoms with E-state index in [0.717, 1.165) is 50.2 Å². The lowest BCUT2D eigenvalue weighted by Crippen LogP contribution is -2.37. The maximum atomic E-state index is 5.28. The normalized spacial score (nSPS) is 20.2. The number of aryl methyl sites for hydroxylation is 1. The molecule has 5 heteroatoms. The first kappa shape index (κ1) is 14.3. The van der Waals surface area contributed by atoms with Gasteiger partial charge in [0.2, 0.25) is 5.89 Å². The third-order valence-electron chi connectivity index (χ3n) is 3.71. The summed E-state index contributed by atoms with van der Waals surface area (Å²) in [6.45, 7) is 5.41. The molecule has 2 heterocycles. The number of anilines is 1. The Morgan fingerprint density at radius 3 is 3.00 bits per heavy atom. The van der Waals surface area contributed by atoms with Gasteiger partial charge in [0.05, 0.1) is 0 Å². The molecule has 19 heavy (non-hydrogen) atoms. The number of hydrogen-bond donors (Lipinski definition) is 0. The lowest BCUT2D eigenvalue weighted by atomic mass is 9.95. The Morgan fingerprint density at radius 2 is 2.26 bits per heavy atom. The fourth-order valence-electron chi connectivity index (χ4n) is 2.61. The molecular formula is C14H26N4O. The average Bonchev–Trinajstić information content (AvgIpc) is 2.86. The molecule has 1 aromatic heterocycles. The van der Waals surface area contributed by atoms with Crippen LogP contribution < -0.4 is 4.90 Å². The van der Waals surface area contributed by atoms with Crippen LogP contribution in [0.1, 0.15) is 38.5 Å². The molecule has 1 aliphatic heterocycles. The molecule has 0 aliphatic carbocycles. The Labute approximate surface area is 116 Å². The van der Waals surface area contributed by atoms with E-state index in [1.54, 1.807) is 0 Å². The SMILES string of the molecule is CCCc1nc(N2CCC[C@H](CCN(C)C)C2)no1. The summed E-state index contributed by atoms with van der Waals surface area (Å²) in [6.07, 6.45) is 5.74. The summed E-state index contributed by atoms with van der Waals surface area (Å²) >= 11 is 0. The highest BCUT2D eigenvalue weighted by Gasteiger charge is 2.23. The van der Waals surface area contributed by atoms with Gasteiger partial charge in [0.1, 0.15) is 0 Å². The van der Waals surface area contributed by atoms with E-state index in [0.29, 0.717) is 0 Å². The molecule has 1 aromatic rings. The molecule has 0 aromatic carbocycles. The summed E-state index contributed by atoms with van der Waals surface area (Å²) in [4.78, 5) is 9.03. The highest BCUT2D eigenvalue weighted by Crippen LogP contribution is 2.23. The van der Waals surface area contributed by atoms with E-state index in [-0.39, 0.29) is 0 Å². The van der Waals surface area contributed by atoms with Gasteiger partial charge < -0.3 is 14.3 Å². The van der Waals surface area contributed by atoms with Gasteiger partial charge in [-0.15, -0.1) is 0 Å². The Balaban J connectivity index is 1.88. The zero-order chi connectivity index (χ0) is 13.7. The van der Waals surface area contributed by atoms with Crippen LogP contribution in [0.15, 0.2) is 4.52 Å². The van der Waals surface area contributed by atoms with E-state index in [1.807, 2.05) is 0 Å². The summed E-state index contributed by atoms with van der Waals surface area (Å²) < 4.78 is 5.28. The van der Waals surface area contributed by atoms with Crippen molar-refractivity contribution in [2.24, 2.45) is 5.92 Å². The molecule has 0 unspecified atom stereocenters. The van der Waals surface area contributed by atoms with Crippen molar-refractivity contribution >= 4 is 5.95 Å². The third-order valence-corrected chi connectivity index (χ3v) is 3.71. The lowest BCUT2D eigenvalue weighted by Gasteiger charge is -2.32. The summed E-state index contributed by atoms with van der Waals surface area (Å²) in [5.74, 6) is 2.31. The molecule has 2 rings (SSSR count). The molecule has 0 spiro atoms. The van der Waals surface area contributed by atoms with Crippen molar-refractivity contribution in [1.29, 1.82) is 0 Å². The second-order valence-corrected chi connectivity index (χ2v) is 5.78. The highest BCUT2D eigenvalue weighted by molar-refractivity contribution is 5.28. The quantitative estimate of drug-likeness (QED) is 0.790. The first-order chi connectivity index (χ1) is 9.19. The summed E-state index contributed by atoms with van der Waals surface area (Å²) in [5.41, 5.74) is 0. The van der Waals surface area contributed by atoms with Crippen LogP contribution in [0, 0.1) is 5.92 Å². The molecule has 0 saturated carbocycles. The third kappa shape index (κ3) is 4.20. The van der Waals surface area contributed by atoms with Gasteiger partial charge in [-0.1, -0.05) is 6.92 Å². The van der Waals surface area contributed by atoms with Crippen molar-refractivity contribution in [2.45, 2.75) is 39.0 Å². The summed E-state index contributed by atoms with van der Waals surface area (Å²) in [6, 6.07) is 0. The Hall–Kier alpha value is -1.10. The molecule has 0 radical (unpaired) electrons. The molecule has 1 aliphatic rings. The van der Waals surface area contributed by atoms with E-state index in [4.69, 9.17) is 4.52 Å². The number of nitrogens with zero attached hydrogens (tertiary/aromatic N) is 4. The maximum Gasteiger partial charge on any atom is 0.266 e. The molecular weight excluding hydrogens is 240 g/mol. The van der Waals surface area contributed by atoms with Gasteiger partial charge in [-0.05, 0) is 57.4 Å². The molecule has 1 atom stereocenters. The largest absolute Gasteiger partial charge is 0.338 e. The monoisotopic (exact) mass is 266 g/mol. The van der Waals surface area contributed by atoms with Gasteiger partial charge in [-0.3, -0.25) is 0 Å². The highest BCUT2D eigenvalue weighted by atomic mass is 16.5. The minimum absolute atomic E-state index is 0.754. The van der Waals surface area contributed by atoms with Crippen LogP contribution in [0.5, 0.6) is 0 Å². The van der Waals surface area contributed by atoms with Crippen LogP contribution in [-0.4, -0.2) is 48.8 Å². The van der Waals surface area contributed by atoms with Crippen LogP contribution >= 0.6 is 0 Å². The first-order valence-corrected chi connectivity index (χ1v) is 7.41. The maximum absolute atomic E-state index is 5.28. The van der Waals surface area contributed by atoms with E-state index >= 15 is 0 Å². The molecule has 1 saturated heterocycles. The van der Waals surface area contributed by atoms with Crippen molar-refractivity contribution < 1.29 is 4.52 Å². The van der Waals surface area contributed by atoms with Crippen LogP contribution in [0.25, 0.3) is 0 Å². The number of rotatable bonds is 6. The van der Waals surface area contributed by atoms with E-state index in [9.17, 15) is 0 Å². The van der Waals surface area contributed by atoms with Gasteiger partial charge >= 0.3 is 0 Å². The molecule has 0 bridgehead atoms. The number of hydrogen-bond acceptors (Lipinski definition) is 5. The fraction of sp³-hybridized carbons (Fsp3) is 0.857. The van der Waals surface area contributed by atoms with Crippen LogP contribution in [0.4, 0.5) is 5.95 Å².